The summed E-state index contributed by atoms with van der Waals surface area (Å²) in [6, 6.07) is 2.89. The first kappa shape index (κ1) is 11.4. The smallest absolute Gasteiger partial charge is 0.338 e. The van der Waals surface area contributed by atoms with Gasteiger partial charge < -0.3 is 5.11 Å². The van der Waals surface area contributed by atoms with Gasteiger partial charge in [0.15, 0.2) is 4.34 Å². The zero-order valence-corrected chi connectivity index (χ0v) is 10.1. The first-order valence-electron chi connectivity index (χ1n) is 4.14. The van der Waals surface area contributed by atoms with E-state index in [4.69, 9.17) is 16.7 Å². The third-order valence-electron chi connectivity index (χ3n) is 1.65. The quantitative estimate of drug-likeness (QED) is 0.870. The lowest BCUT2D eigenvalue weighted by Crippen LogP contribution is -2.00. The van der Waals surface area contributed by atoms with E-state index in [9.17, 15) is 4.79 Å². The molecule has 2 aromatic rings. The van der Waals surface area contributed by atoms with Crippen molar-refractivity contribution < 1.29 is 9.90 Å². The lowest BCUT2D eigenvalue weighted by molar-refractivity contribution is 0.0692. The topological polar surface area (TPSA) is 63.1 Å². The van der Waals surface area contributed by atoms with Crippen LogP contribution >= 0.6 is 34.7 Å². The molecule has 16 heavy (non-hydrogen) atoms. The van der Waals surface area contributed by atoms with E-state index >= 15 is 0 Å². The average molecular weight is 273 g/mol. The Labute approximate surface area is 104 Å². The van der Waals surface area contributed by atoms with Gasteiger partial charge in [-0.3, -0.25) is 0 Å². The second-order valence-corrected chi connectivity index (χ2v) is 5.21. The third-order valence-corrected chi connectivity index (χ3v) is 3.75. The van der Waals surface area contributed by atoms with Crippen LogP contribution in [0.3, 0.4) is 0 Å². The van der Waals surface area contributed by atoms with Crippen LogP contribution < -0.4 is 0 Å². The highest BCUT2D eigenvalue weighted by atomic mass is 35.5. The molecule has 0 saturated carbocycles. The van der Waals surface area contributed by atoms with Gasteiger partial charge >= 0.3 is 5.97 Å². The molecule has 0 aliphatic carbocycles. The predicted octanol–water partition coefficient (Wildman–Crippen LogP) is 3.04. The molecule has 0 fully saturated rings. The molecule has 7 heteroatoms. The number of nitrogens with zero attached hydrogens (tertiary/aromatic N) is 2. The molecule has 0 radical (unpaired) electrons. The Morgan fingerprint density at radius 2 is 2.31 bits per heavy atom. The molecular formula is C9H5ClN2O2S2. The lowest BCUT2D eigenvalue weighted by Gasteiger charge is -2.02. The number of hydrogen-bond donors (Lipinski definition) is 1. The van der Waals surface area contributed by atoms with E-state index in [0.29, 0.717) is 5.03 Å². The summed E-state index contributed by atoms with van der Waals surface area (Å²) < 4.78 is 0.734. The second-order valence-electron chi connectivity index (χ2n) is 2.69. The number of thiazole rings is 1. The van der Waals surface area contributed by atoms with Crippen molar-refractivity contribution in [3.63, 3.8) is 0 Å². The molecule has 0 aromatic carbocycles. The predicted molar refractivity (Wildman–Crippen MR) is 62.4 cm³/mol. The molecule has 0 aliphatic heterocycles. The number of aromatic carboxylic acids is 1. The van der Waals surface area contributed by atoms with Crippen LogP contribution in [-0.4, -0.2) is 21.0 Å². The Morgan fingerprint density at radius 1 is 1.50 bits per heavy atom. The van der Waals surface area contributed by atoms with Gasteiger partial charge in [0.2, 0.25) is 0 Å². The molecule has 2 heterocycles. The largest absolute Gasteiger partial charge is 0.478 e. The van der Waals surface area contributed by atoms with E-state index in [1.165, 1.54) is 35.2 Å². The molecule has 4 nitrogen and oxygen atoms in total. The van der Waals surface area contributed by atoms with Gasteiger partial charge in [0, 0.05) is 11.6 Å². The minimum Gasteiger partial charge on any atom is -0.478 e. The molecule has 2 aromatic heterocycles. The van der Waals surface area contributed by atoms with Crippen molar-refractivity contribution >= 4 is 40.7 Å². The van der Waals surface area contributed by atoms with E-state index in [-0.39, 0.29) is 10.7 Å². The maximum absolute atomic E-state index is 10.9. The molecule has 0 amide bonds. The van der Waals surface area contributed by atoms with Crippen LogP contribution in [0.25, 0.3) is 0 Å². The average Bonchev–Trinajstić information content (AvgIpc) is 2.70. The normalized spacial score (nSPS) is 10.3. The number of aromatic nitrogens is 2. The van der Waals surface area contributed by atoms with Crippen LogP contribution in [0.5, 0.6) is 0 Å². The van der Waals surface area contributed by atoms with E-state index < -0.39 is 5.97 Å². The maximum atomic E-state index is 10.9. The summed E-state index contributed by atoms with van der Waals surface area (Å²) in [4.78, 5) is 19.0. The molecular weight excluding hydrogens is 268 g/mol. The number of hydrogen-bond acceptors (Lipinski definition) is 5. The molecule has 82 valence electrons. The summed E-state index contributed by atoms with van der Waals surface area (Å²) in [6.45, 7) is 0. The first-order valence-corrected chi connectivity index (χ1v) is 6.21. The summed E-state index contributed by atoms with van der Waals surface area (Å²) in [5, 5.41) is 11.4. The highest BCUT2D eigenvalue weighted by molar-refractivity contribution is 8.01. The zero-order chi connectivity index (χ0) is 11.5. The van der Waals surface area contributed by atoms with E-state index in [2.05, 4.69) is 9.97 Å². The number of pyridine rings is 1. The van der Waals surface area contributed by atoms with Crippen LogP contribution in [0.15, 0.2) is 33.1 Å². The molecule has 0 saturated heterocycles. The lowest BCUT2D eigenvalue weighted by atomic mass is 10.3. The SMILES string of the molecule is O=C(O)c1ccc(Cl)nc1Sc1nccs1. The fourth-order valence-corrected chi connectivity index (χ4v) is 2.84. The van der Waals surface area contributed by atoms with Gasteiger partial charge in [-0.1, -0.05) is 11.6 Å². The zero-order valence-electron chi connectivity index (χ0n) is 7.75. The van der Waals surface area contributed by atoms with Gasteiger partial charge in [-0.15, -0.1) is 11.3 Å². The van der Waals surface area contributed by atoms with Crippen LogP contribution in [0, 0.1) is 0 Å². The van der Waals surface area contributed by atoms with Gasteiger partial charge in [0.1, 0.15) is 10.2 Å². The van der Waals surface area contributed by atoms with Crippen LogP contribution in [0.2, 0.25) is 5.15 Å². The number of rotatable bonds is 3. The fourth-order valence-electron chi connectivity index (χ4n) is 1.00. The van der Waals surface area contributed by atoms with Gasteiger partial charge in [-0.2, -0.15) is 0 Å². The highest BCUT2D eigenvalue weighted by Crippen LogP contribution is 2.31. The molecule has 0 spiro atoms. The number of halogens is 1. The monoisotopic (exact) mass is 272 g/mol. The number of carboxylic acids is 1. The van der Waals surface area contributed by atoms with E-state index in [1.807, 2.05) is 5.38 Å². The number of carboxylic acid groups (broad SMARTS) is 1. The third kappa shape index (κ3) is 2.52. The fraction of sp³-hybridized carbons (Fsp3) is 0. The van der Waals surface area contributed by atoms with E-state index in [1.54, 1.807) is 6.20 Å². The molecule has 1 N–H and O–H groups in total. The summed E-state index contributed by atoms with van der Waals surface area (Å²) in [6.07, 6.45) is 1.65. The van der Waals surface area contributed by atoms with Crippen molar-refractivity contribution in [2.24, 2.45) is 0 Å². The Bertz CT molecular complexity index is 516. The van der Waals surface area contributed by atoms with Crippen molar-refractivity contribution in [2.75, 3.05) is 0 Å². The minimum absolute atomic E-state index is 0.129. The molecule has 0 atom stereocenters. The highest BCUT2D eigenvalue weighted by Gasteiger charge is 2.14. The van der Waals surface area contributed by atoms with E-state index in [0.717, 1.165) is 4.34 Å². The Morgan fingerprint density at radius 3 is 2.94 bits per heavy atom. The second kappa shape index (κ2) is 4.82. The summed E-state index contributed by atoms with van der Waals surface area (Å²) >= 11 is 8.34. The van der Waals surface area contributed by atoms with Gasteiger partial charge in [-0.05, 0) is 23.9 Å². The van der Waals surface area contributed by atoms with Crippen molar-refractivity contribution in [1.82, 2.24) is 9.97 Å². The molecule has 0 bridgehead atoms. The summed E-state index contributed by atoms with van der Waals surface area (Å²) in [5.41, 5.74) is 0.129. The first-order chi connectivity index (χ1) is 7.66. The van der Waals surface area contributed by atoms with Crippen LogP contribution in [0.1, 0.15) is 10.4 Å². The summed E-state index contributed by atoms with van der Waals surface area (Å²) in [7, 11) is 0. The van der Waals surface area contributed by atoms with Gasteiger partial charge in [-0.25, -0.2) is 14.8 Å². The standard InChI is InChI=1S/C9H5ClN2O2S2/c10-6-2-1-5(8(13)14)7(12-6)16-9-11-3-4-15-9/h1-4H,(H,13,14). The number of carbonyl (C=O) groups is 1. The molecule has 2 rings (SSSR count). The molecule has 0 unspecified atom stereocenters. The minimum atomic E-state index is -1.02. The van der Waals surface area contributed by atoms with Crippen LogP contribution in [-0.2, 0) is 0 Å². The summed E-state index contributed by atoms with van der Waals surface area (Å²) in [5.74, 6) is -1.02. The van der Waals surface area contributed by atoms with Crippen LogP contribution in [0.4, 0.5) is 0 Å². The van der Waals surface area contributed by atoms with Crippen molar-refractivity contribution in [1.29, 1.82) is 0 Å². The molecule has 0 aliphatic rings. The van der Waals surface area contributed by atoms with Crippen molar-refractivity contribution in [2.45, 2.75) is 9.37 Å². The van der Waals surface area contributed by atoms with Gasteiger partial charge in [0.05, 0.1) is 5.56 Å². The Balaban J connectivity index is 2.38. The maximum Gasteiger partial charge on any atom is 0.338 e. The van der Waals surface area contributed by atoms with Crippen molar-refractivity contribution in [3.05, 3.63) is 34.4 Å². The Hall–Kier alpha value is -1.11. The van der Waals surface area contributed by atoms with Crippen molar-refractivity contribution in [3.8, 4) is 0 Å². The Kier molecular flexibility index (Phi) is 3.42. The van der Waals surface area contributed by atoms with Gasteiger partial charge in [0.25, 0.3) is 0 Å².